The Kier molecular flexibility index (Phi) is 6.00. The largest absolute Gasteiger partial charge is 0.471 e. The fourth-order valence-electron chi connectivity index (χ4n) is 3.30. The Bertz CT molecular complexity index is 970. The quantitative estimate of drug-likeness (QED) is 0.768. The minimum Gasteiger partial charge on any atom is -0.366 e. The number of benzene rings is 1. The zero-order valence-corrected chi connectivity index (χ0v) is 16.6. The number of alkyl halides is 3. The molecule has 1 aromatic heterocycles. The number of fused-ring (bicyclic) bond motifs is 1. The molecule has 0 aliphatic carbocycles. The molecular formula is C19H16ClF3N2O3S. The van der Waals surface area contributed by atoms with Crippen LogP contribution >= 0.6 is 22.9 Å². The van der Waals surface area contributed by atoms with Gasteiger partial charge in [-0.05, 0) is 29.7 Å². The van der Waals surface area contributed by atoms with E-state index in [2.05, 4.69) is 0 Å². The van der Waals surface area contributed by atoms with Gasteiger partial charge in [0.1, 0.15) is 5.78 Å². The molecule has 3 rings (SSSR count). The number of nitrogens with two attached hydrogens (primary N) is 1. The molecule has 0 bridgehead atoms. The Labute approximate surface area is 173 Å². The molecule has 2 amide bonds. The van der Waals surface area contributed by atoms with Crippen molar-refractivity contribution in [3.63, 3.8) is 0 Å². The SMILES string of the molecule is NC(=O)c1c(CC(=O)Cc2ccc(Cl)cc2)sc2c1CCN(C(=O)C(F)(F)F)C2. The molecule has 0 fully saturated rings. The number of nitrogens with zero attached hydrogens (tertiary/aromatic N) is 1. The zero-order valence-electron chi connectivity index (χ0n) is 15.0. The van der Waals surface area contributed by atoms with Crippen LogP contribution in [0.5, 0.6) is 0 Å². The number of Topliss-reactive ketones (excluding diaryl/α,β-unsaturated/α-hetero) is 1. The number of halogens is 4. The van der Waals surface area contributed by atoms with Crippen molar-refractivity contribution in [3.05, 3.63) is 55.7 Å². The van der Waals surface area contributed by atoms with Crippen LogP contribution in [0.4, 0.5) is 13.2 Å². The Balaban J connectivity index is 1.81. The van der Waals surface area contributed by atoms with E-state index in [-0.39, 0.29) is 43.7 Å². The summed E-state index contributed by atoms with van der Waals surface area (Å²) in [5.74, 6) is -2.82. The smallest absolute Gasteiger partial charge is 0.366 e. The highest BCUT2D eigenvalue weighted by molar-refractivity contribution is 7.12. The molecule has 154 valence electrons. The standard InChI is InChI=1S/C19H16ClF3N2O3S/c20-11-3-1-10(2-4-11)7-12(26)8-14-16(17(24)27)13-5-6-25(9-15(13)29-14)18(28)19(21,22)23/h1-4H,5-9H2,(H2,24,27). The third-order valence-electron chi connectivity index (χ3n) is 4.58. The monoisotopic (exact) mass is 444 g/mol. The fraction of sp³-hybridized carbons (Fsp3) is 0.316. The molecular weight excluding hydrogens is 429 g/mol. The van der Waals surface area contributed by atoms with Gasteiger partial charge in [-0.25, -0.2) is 0 Å². The van der Waals surface area contributed by atoms with Crippen molar-refractivity contribution < 1.29 is 27.6 Å². The molecule has 0 saturated heterocycles. The number of ketones is 1. The first-order chi connectivity index (χ1) is 13.6. The highest BCUT2D eigenvalue weighted by Gasteiger charge is 2.44. The van der Waals surface area contributed by atoms with E-state index in [1.165, 1.54) is 0 Å². The number of rotatable bonds is 5. The number of thiophene rings is 1. The van der Waals surface area contributed by atoms with Gasteiger partial charge in [0.2, 0.25) is 5.91 Å². The molecule has 1 aliphatic rings. The summed E-state index contributed by atoms with van der Waals surface area (Å²) >= 11 is 6.88. The molecule has 29 heavy (non-hydrogen) atoms. The summed E-state index contributed by atoms with van der Waals surface area (Å²) < 4.78 is 38.1. The molecule has 0 saturated carbocycles. The molecule has 5 nitrogen and oxygen atoms in total. The summed E-state index contributed by atoms with van der Waals surface area (Å²) in [6.45, 7) is -0.426. The first-order valence-corrected chi connectivity index (χ1v) is 9.81. The fourth-order valence-corrected chi connectivity index (χ4v) is 4.83. The van der Waals surface area contributed by atoms with Crippen molar-refractivity contribution in [1.82, 2.24) is 4.90 Å². The Morgan fingerprint density at radius 1 is 1.14 bits per heavy atom. The maximum absolute atomic E-state index is 12.7. The number of carbonyl (C=O) groups excluding carboxylic acids is 3. The Morgan fingerprint density at radius 3 is 2.38 bits per heavy atom. The lowest BCUT2D eigenvalue weighted by Gasteiger charge is -2.27. The van der Waals surface area contributed by atoms with Gasteiger partial charge in [0.05, 0.1) is 12.1 Å². The van der Waals surface area contributed by atoms with Gasteiger partial charge >= 0.3 is 12.1 Å². The molecule has 0 radical (unpaired) electrons. The zero-order chi connectivity index (χ0) is 21.3. The normalized spacial score (nSPS) is 13.9. The van der Waals surface area contributed by atoms with E-state index in [0.29, 0.717) is 25.2 Å². The van der Waals surface area contributed by atoms with Gasteiger partial charge in [-0.15, -0.1) is 11.3 Å². The van der Waals surface area contributed by atoms with Crippen LogP contribution in [0.1, 0.15) is 31.2 Å². The third kappa shape index (κ3) is 4.79. The topological polar surface area (TPSA) is 80.5 Å². The van der Waals surface area contributed by atoms with Crippen molar-refractivity contribution in [1.29, 1.82) is 0 Å². The maximum atomic E-state index is 12.7. The van der Waals surface area contributed by atoms with Crippen LogP contribution < -0.4 is 5.73 Å². The van der Waals surface area contributed by atoms with Gasteiger partial charge in [-0.1, -0.05) is 23.7 Å². The molecule has 0 spiro atoms. The first-order valence-electron chi connectivity index (χ1n) is 8.61. The lowest BCUT2D eigenvalue weighted by molar-refractivity contribution is -0.186. The van der Waals surface area contributed by atoms with Crippen molar-refractivity contribution in [2.24, 2.45) is 5.73 Å². The molecule has 0 unspecified atom stereocenters. The summed E-state index contributed by atoms with van der Waals surface area (Å²) in [5.41, 5.74) is 6.95. The third-order valence-corrected chi connectivity index (χ3v) is 6.05. The van der Waals surface area contributed by atoms with E-state index < -0.39 is 18.0 Å². The molecule has 1 aromatic carbocycles. The van der Waals surface area contributed by atoms with Gasteiger partial charge < -0.3 is 10.6 Å². The molecule has 2 aromatic rings. The van der Waals surface area contributed by atoms with Gasteiger partial charge in [0, 0.05) is 34.2 Å². The van der Waals surface area contributed by atoms with Crippen LogP contribution in [0.3, 0.4) is 0 Å². The van der Waals surface area contributed by atoms with Gasteiger partial charge in [0.25, 0.3) is 0 Å². The van der Waals surface area contributed by atoms with Crippen molar-refractivity contribution in [2.45, 2.75) is 32.0 Å². The molecule has 2 N–H and O–H groups in total. The van der Waals surface area contributed by atoms with Crippen LogP contribution in [-0.4, -0.2) is 35.2 Å². The first kappa shape index (κ1) is 21.3. The van der Waals surface area contributed by atoms with E-state index in [1.807, 2.05) is 0 Å². The Hall–Kier alpha value is -2.39. The number of carbonyl (C=O) groups is 3. The lowest BCUT2D eigenvalue weighted by atomic mass is 9.98. The molecule has 1 aliphatic heterocycles. The minimum atomic E-state index is -4.96. The lowest BCUT2D eigenvalue weighted by Crippen LogP contribution is -2.43. The van der Waals surface area contributed by atoms with Crippen LogP contribution in [0.15, 0.2) is 24.3 Å². The van der Waals surface area contributed by atoms with E-state index in [9.17, 15) is 27.6 Å². The van der Waals surface area contributed by atoms with Crippen LogP contribution in [0.25, 0.3) is 0 Å². The summed E-state index contributed by atoms with van der Waals surface area (Å²) in [7, 11) is 0. The second-order valence-electron chi connectivity index (χ2n) is 6.66. The van der Waals surface area contributed by atoms with Crippen molar-refractivity contribution >= 4 is 40.5 Å². The predicted octanol–water partition coefficient (Wildman–Crippen LogP) is 3.30. The van der Waals surface area contributed by atoms with Gasteiger partial charge in [-0.2, -0.15) is 13.2 Å². The number of primary amides is 1. The number of amides is 2. The maximum Gasteiger partial charge on any atom is 0.471 e. The highest BCUT2D eigenvalue weighted by Crippen LogP contribution is 2.35. The summed E-state index contributed by atoms with van der Waals surface area (Å²) in [5, 5.41) is 0.543. The van der Waals surface area contributed by atoms with Crippen molar-refractivity contribution in [2.75, 3.05) is 6.54 Å². The van der Waals surface area contributed by atoms with E-state index in [4.69, 9.17) is 17.3 Å². The average Bonchev–Trinajstić information content (AvgIpc) is 2.99. The van der Waals surface area contributed by atoms with Crippen LogP contribution in [-0.2, 0) is 35.4 Å². The number of hydrogen-bond donors (Lipinski definition) is 1. The van der Waals surface area contributed by atoms with Crippen LogP contribution in [0.2, 0.25) is 5.02 Å². The Morgan fingerprint density at radius 2 is 1.79 bits per heavy atom. The molecule has 0 atom stereocenters. The summed E-state index contributed by atoms with van der Waals surface area (Å²) in [6.07, 6.45) is -4.82. The number of hydrogen-bond acceptors (Lipinski definition) is 4. The van der Waals surface area contributed by atoms with E-state index >= 15 is 0 Å². The van der Waals surface area contributed by atoms with Gasteiger partial charge in [-0.3, -0.25) is 14.4 Å². The van der Waals surface area contributed by atoms with Crippen molar-refractivity contribution in [3.8, 4) is 0 Å². The summed E-state index contributed by atoms with van der Waals surface area (Å²) in [6, 6.07) is 6.76. The average molecular weight is 445 g/mol. The molecule has 10 heteroatoms. The minimum absolute atomic E-state index is 0.0637. The van der Waals surface area contributed by atoms with Crippen LogP contribution in [0, 0.1) is 0 Å². The van der Waals surface area contributed by atoms with E-state index in [0.717, 1.165) is 16.9 Å². The second kappa shape index (κ2) is 8.16. The second-order valence-corrected chi connectivity index (χ2v) is 8.29. The van der Waals surface area contributed by atoms with Gasteiger partial charge in [0.15, 0.2) is 0 Å². The highest BCUT2D eigenvalue weighted by atomic mass is 35.5. The summed E-state index contributed by atoms with van der Waals surface area (Å²) in [4.78, 5) is 37.5. The molecule has 2 heterocycles. The predicted molar refractivity (Wildman–Crippen MR) is 102 cm³/mol. The van der Waals surface area contributed by atoms with E-state index in [1.54, 1.807) is 24.3 Å².